The second kappa shape index (κ2) is 10.5. The standard InChI is InChI=1S/C9H18O3/c1-3-11-7-5-9-12-8-4-6-10-2/h3H,1,4-9H2,2H3. The van der Waals surface area contributed by atoms with E-state index in [9.17, 15) is 0 Å². The summed E-state index contributed by atoms with van der Waals surface area (Å²) in [5, 5.41) is 0. The Balaban J connectivity index is 2.77. The molecule has 3 nitrogen and oxygen atoms in total. The van der Waals surface area contributed by atoms with E-state index in [4.69, 9.17) is 14.2 Å². The molecule has 0 fully saturated rings. The number of rotatable bonds is 9. The van der Waals surface area contributed by atoms with Crippen molar-refractivity contribution in [2.24, 2.45) is 0 Å². The van der Waals surface area contributed by atoms with Gasteiger partial charge in [0.2, 0.25) is 0 Å². The van der Waals surface area contributed by atoms with Crippen molar-refractivity contribution >= 4 is 0 Å². The summed E-state index contributed by atoms with van der Waals surface area (Å²) in [6.07, 6.45) is 3.32. The molecule has 0 saturated heterocycles. The van der Waals surface area contributed by atoms with Gasteiger partial charge in [0, 0.05) is 33.4 Å². The SMILES string of the molecule is C=COCCCOCCCOC. The van der Waals surface area contributed by atoms with E-state index in [1.165, 1.54) is 6.26 Å². The summed E-state index contributed by atoms with van der Waals surface area (Å²) in [6.45, 7) is 6.41. The van der Waals surface area contributed by atoms with E-state index in [-0.39, 0.29) is 0 Å². The highest BCUT2D eigenvalue weighted by Crippen LogP contribution is 1.88. The van der Waals surface area contributed by atoms with Crippen molar-refractivity contribution in [3.05, 3.63) is 12.8 Å². The molecule has 0 spiro atoms. The minimum Gasteiger partial charge on any atom is -0.502 e. The van der Waals surface area contributed by atoms with Crippen molar-refractivity contribution in [2.75, 3.05) is 33.5 Å². The average Bonchev–Trinajstić information content (AvgIpc) is 2.10. The lowest BCUT2D eigenvalue weighted by Gasteiger charge is -2.03. The summed E-state index contributed by atoms with van der Waals surface area (Å²) in [4.78, 5) is 0. The molecule has 0 aromatic heterocycles. The van der Waals surface area contributed by atoms with Gasteiger partial charge in [0.15, 0.2) is 0 Å². The third-order valence-electron chi connectivity index (χ3n) is 1.31. The van der Waals surface area contributed by atoms with E-state index in [0.29, 0.717) is 6.61 Å². The molecule has 0 aliphatic heterocycles. The molecule has 72 valence electrons. The van der Waals surface area contributed by atoms with Gasteiger partial charge < -0.3 is 14.2 Å². The zero-order chi connectivity index (χ0) is 9.07. The molecule has 0 aliphatic rings. The number of methoxy groups -OCH3 is 1. The molecule has 0 heterocycles. The summed E-state index contributed by atoms with van der Waals surface area (Å²) in [6, 6.07) is 0. The Labute approximate surface area is 74.3 Å². The highest BCUT2D eigenvalue weighted by Gasteiger charge is 1.88. The van der Waals surface area contributed by atoms with Gasteiger partial charge in [0.1, 0.15) is 0 Å². The van der Waals surface area contributed by atoms with Crippen LogP contribution in [0.15, 0.2) is 12.8 Å². The van der Waals surface area contributed by atoms with Gasteiger partial charge in [0.05, 0.1) is 12.9 Å². The van der Waals surface area contributed by atoms with Gasteiger partial charge in [0.25, 0.3) is 0 Å². The van der Waals surface area contributed by atoms with E-state index in [0.717, 1.165) is 32.7 Å². The average molecular weight is 174 g/mol. The second-order valence-corrected chi connectivity index (χ2v) is 2.35. The number of hydrogen-bond acceptors (Lipinski definition) is 3. The second-order valence-electron chi connectivity index (χ2n) is 2.35. The summed E-state index contributed by atoms with van der Waals surface area (Å²) in [5.41, 5.74) is 0. The molecule has 0 amide bonds. The van der Waals surface area contributed by atoms with Gasteiger partial charge in [-0.1, -0.05) is 6.58 Å². The van der Waals surface area contributed by atoms with Crippen molar-refractivity contribution < 1.29 is 14.2 Å². The van der Waals surface area contributed by atoms with E-state index >= 15 is 0 Å². The van der Waals surface area contributed by atoms with E-state index < -0.39 is 0 Å². The first-order valence-corrected chi connectivity index (χ1v) is 4.21. The van der Waals surface area contributed by atoms with Crippen LogP contribution < -0.4 is 0 Å². The molecule has 0 radical (unpaired) electrons. The van der Waals surface area contributed by atoms with Gasteiger partial charge in [-0.15, -0.1) is 0 Å². The van der Waals surface area contributed by atoms with Crippen molar-refractivity contribution in [2.45, 2.75) is 12.8 Å². The van der Waals surface area contributed by atoms with Crippen LogP contribution in [-0.2, 0) is 14.2 Å². The Morgan fingerprint density at radius 2 is 1.75 bits per heavy atom. The normalized spacial score (nSPS) is 9.75. The van der Waals surface area contributed by atoms with Crippen LogP contribution in [0.4, 0.5) is 0 Å². The Morgan fingerprint density at radius 3 is 2.33 bits per heavy atom. The van der Waals surface area contributed by atoms with Crippen LogP contribution >= 0.6 is 0 Å². The van der Waals surface area contributed by atoms with Gasteiger partial charge in [-0.2, -0.15) is 0 Å². The lowest BCUT2D eigenvalue weighted by atomic mass is 10.4. The number of hydrogen-bond donors (Lipinski definition) is 0. The third kappa shape index (κ3) is 9.46. The maximum absolute atomic E-state index is 5.29. The maximum atomic E-state index is 5.29. The van der Waals surface area contributed by atoms with Crippen molar-refractivity contribution in [1.82, 2.24) is 0 Å². The zero-order valence-electron chi connectivity index (χ0n) is 7.75. The van der Waals surface area contributed by atoms with Crippen LogP contribution in [0.3, 0.4) is 0 Å². The molecular weight excluding hydrogens is 156 g/mol. The van der Waals surface area contributed by atoms with Crippen LogP contribution in [0, 0.1) is 0 Å². The predicted octanol–water partition coefficient (Wildman–Crippen LogP) is 1.59. The summed E-state index contributed by atoms with van der Waals surface area (Å²) >= 11 is 0. The first-order chi connectivity index (χ1) is 5.91. The number of ether oxygens (including phenoxy) is 3. The molecule has 0 saturated carbocycles. The molecule has 0 N–H and O–H groups in total. The van der Waals surface area contributed by atoms with Crippen LogP contribution in [-0.4, -0.2) is 33.5 Å². The third-order valence-corrected chi connectivity index (χ3v) is 1.31. The lowest BCUT2D eigenvalue weighted by molar-refractivity contribution is 0.0898. The molecule has 0 aliphatic carbocycles. The Bertz CT molecular complexity index is 93.8. The largest absolute Gasteiger partial charge is 0.502 e. The summed E-state index contributed by atoms with van der Waals surface area (Å²) in [7, 11) is 1.69. The van der Waals surface area contributed by atoms with Gasteiger partial charge in [-0.3, -0.25) is 0 Å². The molecule has 0 rings (SSSR count). The Hall–Kier alpha value is -0.540. The molecular formula is C9H18O3. The fraction of sp³-hybridized carbons (Fsp3) is 0.778. The fourth-order valence-corrected chi connectivity index (χ4v) is 0.735. The van der Waals surface area contributed by atoms with Crippen LogP contribution in [0.2, 0.25) is 0 Å². The Kier molecular flexibility index (Phi) is 9.99. The maximum Gasteiger partial charge on any atom is 0.0895 e. The van der Waals surface area contributed by atoms with Crippen LogP contribution in [0.25, 0.3) is 0 Å². The highest BCUT2D eigenvalue weighted by atomic mass is 16.5. The monoisotopic (exact) mass is 174 g/mol. The molecule has 0 unspecified atom stereocenters. The minimum atomic E-state index is 0.688. The molecule has 3 heteroatoms. The molecule has 0 aromatic carbocycles. The minimum absolute atomic E-state index is 0.688. The van der Waals surface area contributed by atoms with Crippen molar-refractivity contribution in [1.29, 1.82) is 0 Å². The molecule has 0 atom stereocenters. The lowest BCUT2D eigenvalue weighted by Crippen LogP contribution is -2.02. The van der Waals surface area contributed by atoms with E-state index in [1.54, 1.807) is 7.11 Å². The predicted molar refractivity (Wildman–Crippen MR) is 48.1 cm³/mol. The topological polar surface area (TPSA) is 27.7 Å². The van der Waals surface area contributed by atoms with E-state index in [2.05, 4.69) is 6.58 Å². The van der Waals surface area contributed by atoms with Crippen LogP contribution in [0.5, 0.6) is 0 Å². The van der Waals surface area contributed by atoms with Gasteiger partial charge in [-0.25, -0.2) is 0 Å². The fourth-order valence-electron chi connectivity index (χ4n) is 0.735. The quantitative estimate of drug-likeness (QED) is 0.392. The smallest absolute Gasteiger partial charge is 0.0895 e. The van der Waals surface area contributed by atoms with Gasteiger partial charge >= 0.3 is 0 Å². The molecule has 0 bridgehead atoms. The van der Waals surface area contributed by atoms with Crippen molar-refractivity contribution in [3.8, 4) is 0 Å². The highest BCUT2D eigenvalue weighted by molar-refractivity contribution is 4.48. The van der Waals surface area contributed by atoms with E-state index in [1.807, 2.05) is 0 Å². The van der Waals surface area contributed by atoms with Crippen LogP contribution in [0.1, 0.15) is 12.8 Å². The zero-order valence-corrected chi connectivity index (χ0v) is 7.75. The van der Waals surface area contributed by atoms with Crippen molar-refractivity contribution in [3.63, 3.8) is 0 Å². The molecule has 0 aromatic rings. The van der Waals surface area contributed by atoms with Gasteiger partial charge in [-0.05, 0) is 6.42 Å². The summed E-state index contributed by atoms with van der Waals surface area (Å²) in [5.74, 6) is 0. The molecule has 12 heavy (non-hydrogen) atoms. The first-order valence-electron chi connectivity index (χ1n) is 4.21. The summed E-state index contributed by atoms with van der Waals surface area (Å²) < 4.78 is 15.1. The first kappa shape index (κ1) is 11.5. The Morgan fingerprint density at radius 1 is 1.08 bits per heavy atom.